The van der Waals surface area contributed by atoms with Gasteiger partial charge in [0.25, 0.3) is 11.8 Å². The lowest BCUT2D eigenvalue weighted by molar-refractivity contribution is 0.0772. The van der Waals surface area contributed by atoms with Gasteiger partial charge in [-0.15, -0.1) is 0 Å². The Labute approximate surface area is 196 Å². The van der Waals surface area contributed by atoms with E-state index >= 15 is 0 Å². The van der Waals surface area contributed by atoms with E-state index in [1.54, 1.807) is 0 Å². The molecular formula is C27H33N3O3. The number of piperidine rings is 1. The van der Waals surface area contributed by atoms with Gasteiger partial charge >= 0.3 is 0 Å². The Balaban J connectivity index is 1.75. The number of nitrogens with one attached hydrogen (secondary N) is 2. The molecule has 1 fully saturated rings. The van der Waals surface area contributed by atoms with Crippen LogP contribution in [0.25, 0.3) is 5.57 Å². The Kier molecular flexibility index (Phi) is 6.84. The Morgan fingerprint density at radius 3 is 2.30 bits per heavy atom. The first kappa shape index (κ1) is 23.1. The lowest BCUT2D eigenvalue weighted by Gasteiger charge is -2.40. The lowest BCUT2D eigenvalue weighted by Crippen LogP contribution is -2.46. The van der Waals surface area contributed by atoms with Crippen molar-refractivity contribution in [3.63, 3.8) is 0 Å². The van der Waals surface area contributed by atoms with Gasteiger partial charge in [-0.25, -0.2) is 0 Å². The highest BCUT2D eigenvalue weighted by molar-refractivity contribution is 5.97. The molecule has 0 saturated carbocycles. The van der Waals surface area contributed by atoms with Crippen molar-refractivity contribution >= 4 is 17.4 Å². The first-order chi connectivity index (χ1) is 16.0. The van der Waals surface area contributed by atoms with Gasteiger partial charge in [-0.05, 0) is 81.4 Å². The van der Waals surface area contributed by atoms with Crippen LogP contribution in [0, 0.1) is 0 Å². The van der Waals surface area contributed by atoms with Gasteiger partial charge in [0.1, 0.15) is 11.4 Å². The Morgan fingerprint density at radius 2 is 1.67 bits per heavy atom. The van der Waals surface area contributed by atoms with Crippen molar-refractivity contribution in [2.24, 2.45) is 0 Å². The molecule has 2 heterocycles. The molecule has 2 aliphatic heterocycles. The number of ether oxygens (including phenoxy) is 1. The molecule has 2 amide bonds. The highest BCUT2D eigenvalue weighted by Gasteiger charge is 2.37. The van der Waals surface area contributed by atoms with Crippen LogP contribution in [0.1, 0.15) is 65.5 Å². The van der Waals surface area contributed by atoms with Gasteiger partial charge in [0.2, 0.25) is 0 Å². The van der Waals surface area contributed by atoms with Crippen molar-refractivity contribution in [3.05, 3.63) is 70.8 Å². The van der Waals surface area contributed by atoms with E-state index in [0.29, 0.717) is 30.8 Å². The number of benzene rings is 2. The highest BCUT2D eigenvalue weighted by Crippen LogP contribution is 2.43. The van der Waals surface area contributed by atoms with Crippen LogP contribution < -0.4 is 15.4 Å². The summed E-state index contributed by atoms with van der Waals surface area (Å²) in [5, 5.41) is 6.28. The van der Waals surface area contributed by atoms with Gasteiger partial charge in [-0.2, -0.15) is 0 Å². The summed E-state index contributed by atoms with van der Waals surface area (Å²) in [6, 6.07) is 13.5. The average Bonchev–Trinajstić information content (AvgIpc) is 2.84. The van der Waals surface area contributed by atoms with E-state index in [0.717, 1.165) is 48.4 Å². The summed E-state index contributed by atoms with van der Waals surface area (Å²) < 4.78 is 6.52. The van der Waals surface area contributed by atoms with Crippen molar-refractivity contribution in [1.29, 1.82) is 0 Å². The molecule has 0 atom stereocenters. The molecule has 0 radical (unpaired) electrons. The van der Waals surface area contributed by atoms with E-state index < -0.39 is 0 Å². The normalized spacial score (nSPS) is 16.4. The molecule has 2 aromatic carbocycles. The second-order valence-electron chi connectivity index (χ2n) is 8.60. The molecule has 2 N–H and O–H groups in total. The van der Waals surface area contributed by atoms with Crippen molar-refractivity contribution < 1.29 is 14.3 Å². The molecule has 2 aromatic rings. The fraction of sp³-hybridized carbons (Fsp3) is 0.407. The summed E-state index contributed by atoms with van der Waals surface area (Å²) in [5.74, 6) is 0.744. The summed E-state index contributed by atoms with van der Waals surface area (Å²) in [4.78, 5) is 27.1. The highest BCUT2D eigenvalue weighted by atomic mass is 16.5. The SMILES string of the molecule is CCNC(=O)c1ccc2c(c1)C(c1ccc(C(=O)N(CC)CC)cc1)=CC1(CCNCC1)O2. The van der Waals surface area contributed by atoms with Crippen LogP contribution in [0.4, 0.5) is 0 Å². The van der Waals surface area contributed by atoms with E-state index in [1.165, 1.54) is 0 Å². The van der Waals surface area contributed by atoms with Crippen molar-refractivity contribution in [2.75, 3.05) is 32.7 Å². The third kappa shape index (κ3) is 4.67. The summed E-state index contributed by atoms with van der Waals surface area (Å²) in [6.45, 7) is 9.63. The van der Waals surface area contributed by atoms with E-state index in [9.17, 15) is 9.59 Å². The van der Waals surface area contributed by atoms with Crippen molar-refractivity contribution in [3.8, 4) is 5.75 Å². The summed E-state index contributed by atoms with van der Waals surface area (Å²) in [5.41, 5.74) is 3.90. The standard InChI is InChI=1S/C27H33N3O3/c1-4-29-25(31)21-11-12-24-22(17-21)23(18-27(33-24)13-15-28-16-14-27)19-7-9-20(10-8-19)26(32)30(5-2)6-3/h7-12,17-18,28H,4-6,13-16H2,1-3H3,(H,29,31). The minimum atomic E-state index is -0.365. The quantitative estimate of drug-likeness (QED) is 0.705. The molecule has 0 aromatic heterocycles. The molecule has 6 heteroatoms. The predicted octanol–water partition coefficient (Wildman–Crippen LogP) is 3.86. The predicted molar refractivity (Wildman–Crippen MR) is 131 cm³/mol. The van der Waals surface area contributed by atoms with Gasteiger partial charge in [-0.1, -0.05) is 12.1 Å². The number of nitrogens with zero attached hydrogens (tertiary/aromatic N) is 1. The summed E-state index contributed by atoms with van der Waals surface area (Å²) >= 11 is 0. The van der Waals surface area contributed by atoms with Gasteiger partial charge in [-0.3, -0.25) is 9.59 Å². The zero-order valence-electron chi connectivity index (χ0n) is 19.7. The second kappa shape index (κ2) is 9.79. The minimum absolute atomic E-state index is 0.0428. The molecule has 6 nitrogen and oxygen atoms in total. The monoisotopic (exact) mass is 447 g/mol. The van der Waals surface area contributed by atoms with Crippen molar-refractivity contribution in [1.82, 2.24) is 15.5 Å². The lowest BCUT2D eigenvalue weighted by atomic mass is 9.83. The zero-order valence-corrected chi connectivity index (χ0v) is 19.7. The Morgan fingerprint density at radius 1 is 1.00 bits per heavy atom. The van der Waals surface area contributed by atoms with Crippen LogP contribution in [0.5, 0.6) is 5.75 Å². The maximum Gasteiger partial charge on any atom is 0.253 e. The van der Waals surface area contributed by atoms with Gasteiger partial charge in [0, 0.05) is 49.2 Å². The topological polar surface area (TPSA) is 70.7 Å². The number of fused-ring (bicyclic) bond motifs is 1. The molecule has 2 aliphatic rings. The molecule has 0 unspecified atom stereocenters. The zero-order chi connectivity index (χ0) is 23.4. The maximum absolute atomic E-state index is 12.8. The number of carbonyl (C=O) groups is 2. The third-order valence-electron chi connectivity index (χ3n) is 6.53. The van der Waals surface area contributed by atoms with Crippen LogP contribution in [-0.2, 0) is 0 Å². The molecule has 1 spiro atoms. The van der Waals surface area contributed by atoms with Crippen LogP contribution in [0.3, 0.4) is 0 Å². The van der Waals surface area contributed by atoms with Crippen molar-refractivity contribution in [2.45, 2.75) is 39.2 Å². The number of rotatable bonds is 6. The number of hydrogen-bond donors (Lipinski definition) is 2. The molecule has 174 valence electrons. The molecular weight excluding hydrogens is 414 g/mol. The first-order valence-corrected chi connectivity index (χ1v) is 11.9. The smallest absolute Gasteiger partial charge is 0.253 e. The largest absolute Gasteiger partial charge is 0.482 e. The summed E-state index contributed by atoms with van der Waals surface area (Å²) in [6.07, 6.45) is 3.98. The van der Waals surface area contributed by atoms with Gasteiger partial charge in [0.05, 0.1) is 0 Å². The van der Waals surface area contributed by atoms with Gasteiger partial charge in [0.15, 0.2) is 0 Å². The van der Waals surface area contributed by atoms with E-state index in [-0.39, 0.29) is 17.4 Å². The number of amides is 2. The molecule has 1 saturated heterocycles. The van der Waals surface area contributed by atoms with Crippen LogP contribution in [0.2, 0.25) is 0 Å². The van der Waals surface area contributed by atoms with E-state index in [1.807, 2.05) is 68.1 Å². The second-order valence-corrected chi connectivity index (χ2v) is 8.60. The van der Waals surface area contributed by atoms with Gasteiger partial charge < -0.3 is 20.3 Å². The summed E-state index contributed by atoms with van der Waals surface area (Å²) in [7, 11) is 0. The molecule has 0 aliphatic carbocycles. The number of carbonyl (C=O) groups excluding carboxylic acids is 2. The van der Waals surface area contributed by atoms with Crippen LogP contribution in [0.15, 0.2) is 48.5 Å². The molecule has 4 rings (SSSR count). The third-order valence-corrected chi connectivity index (χ3v) is 6.53. The first-order valence-electron chi connectivity index (χ1n) is 11.9. The molecule has 33 heavy (non-hydrogen) atoms. The fourth-order valence-electron chi connectivity index (χ4n) is 4.64. The average molecular weight is 448 g/mol. The Bertz CT molecular complexity index is 1050. The maximum atomic E-state index is 12.8. The van der Waals surface area contributed by atoms with Crippen LogP contribution in [-0.4, -0.2) is 55.0 Å². The van der Waals surface area contributed by atoms with Crippen LogP contribution >= 0.6 is 0 Å². The Hall–Kier alpha value is -3.12. The fourth-order valence-corrected chi connectivity index (χ4v) is 4.64. The minimum Gasteiger partial charge on any atom is -0.482 e. The van der Waals surface area contributed by atoms with E-state index in [4.69, 9.17) is 4.74 Å². The number of hydrogen-bond acceptors (Lipinski definition) is 4. The van der Waals surface area contributed by atoms with E-state index in [2.05, 4.69) is 16.7 Å². The molecule has 0 bridgehead atoms.